The predicted molar refractivity (Wildman–Crippen MR) is 239 cm³/mol. The molecule has 8 aliphatic rings. The van der Waals surface area contributed by atoms with Crippen LogP contribution in [0, 0.1) is 94.7 Å². The fraction of sp³-hybridized carbons (Fsp3) is 1.00. The third-order valence-electron chi connectivity index (χ3n) is 14.4. The van der Waals surface area contributed by atoms with Gasteiger partial charge in [0.05, 0.1) is 0 Å². The van der Waals surface area contributed by atoms with Gasteiger partial charge in [0.2, 0.25) is 0 Å². The van der Waals surface area contributed by atoms with Crippen LogP contribution in [0.2, 0.25) is 0 Å². The van der Waals surface area contributed by atoms with E-state index in [1.54, 1.807) is 25.7 Å². The molecular formula is C51H106. The van der Waals surface area contributed by atoms with Crippen molar-refractivity contribution >= 4 is 0 Å². The lowest BCUT2D eigenvalue weighted by atomic mass is 9.65. The first-order valence-electron chi connectivity index (χ1n) is 21.9. The molecule has 0 aromatic heterocycles. The zero-order valence-corrected chi connectivity index (χ0v) is 33.4. The van der Waals surface area contributed by atoms with E-state index in [4.69, 9.17) is 0 Å². The Labute approximate surface area is 328 Å². The van der Waals surface area contributed by atoms with Crippen molar-refractivity contribution in [2.24, 2.45) is 94.7 Å². The van der Waals surface area contributed by atoms with Gasteiger partial charge in [-0.2, -0.15) is 0 Å². The highest BCUT2D eigenvalue weighted by Gasteiger charge is 2.35. The highest BCUT2D eigenvalue weighted by atomic mass is 14.4. The fourth-order valence-corrected chi connectivity index (χ4v) is 14.1. The second-order valence-corrected chi connectivity index (χ2v) is 20.5. The Morgan fingerprint density at radius 2 is 0.255 bits per heavy atom. The zero-order valence-electron chi connectivity index (χ0n) is 33.4. The van der Waals surface area contributed by atoms with E-state index in [1.807, 2.05) is 13.8 Å². The molecule has 310 valence electrons. The molecule has 0 amide bonds. The summed E-state index contributed by atoms with van der Waals surface area (Å²) >= 11 is 0. The Hall–Kier alpha value is 0. The maximum absolute atomic E-state index is 2.44. The van der Waals surface area contributed by atoms with Gasteiger partial charge in [0.15, 0.2) is 0 Å². The predicted octanol–water partition coefficient (Wildman–Crippen LogP) is 18.1. The van der Waals surface area contributed by atoms with Crippen molar-refractivity contribution in [1.82, 2.24) is 0 Å². The number of rotatable bonds is 0. The van der Waals surface area contributed by atoms with Crippen molar-refractivity contribution in [2.45, 2.75) is 235 Å². The molecule has 0 aliphatic heterocycles. The zero-order chi connectivity index (χ0) is 33.4. The molecule has 0 nitrogen and oxygen atoms in total. The normalized spacial score (nSPS) is 43.9. The average Bonchev–Trinajstić information content (AvgIpc) is 2.92. The standard InChI is InChI=1S/4C11H20.C2H6.5CH4/c4*1-8-3-10-5-9(2)6-11(4-8)7-10;1-2;;;;;/h4*8-11H,3-7H2,1-2H3;1-2H3;5*1H4. The summed E-state index contributed by atoms with van der Waals surface area (Å²) in [5, 5.41) is 0. The van der Waals surface area contributed by atoms with E-state index in [1.165, 1.54) is 103 Å². The van der Waals surface area contributed by atoms with Gasteiger partial charge in [0.1, 0.15) is 0 Å². The number of fused-ring (bicyclic) bond motifs is 8. The first-order chi connectivity index (χ1) is 21.9. The van der Waals surface area contributed by atoms with Crippen LogP contribution < -0.4 is 0 Å². The van der Waals surface area contributed by atoms with Crippen molar-refractivity contribution < 1.29 is 0 Å². The van der Waals surface area contributed by atoms with Gasteiger partial charge in [-0.25, -0.2) is 0 Å². The topological polar surface area (TPSA) is 0 Å². The molecule has 51 heavy (non-hydrogen) atoms. The smallest absolute Gasteiger partial charge is 0.0407 e. The van der Waals surface area contributed by atoms with Crippen LogP contribution in [0.4, 0.5) is 0 Å². The Kier molecular flexibility index (Phi) is 27.0. The Morgan fingerprint density at radius 3 is 0.333 bits per heavy atom. The quantitative estimate of drug-likeness (QED) is 0.234. The lowest BCUT2D eigenvalue weighted by Gasteiger charge is -2.40. The summed E-state index contributed by atoms with van der Waals surface area (Å²) in [6.07, 6.45) is 30.7. The van der Waals surface area contributed by atoms with Gasteiger partial charge in [-0.3, -0.25) is 0 Å². The van der Waals surface area contributed by atoms with Gasteiger partial charge in [0.25, 0.3) is 0 Å². The molecule has 0 N–H and O–H groups in total. The monoisotopic (exact) mass is 719 g/mol. The number of hydrogen-bond acceptors (Lipinski definition) is 0. The van der Waals surface area contributed by atoms with E-state index in [-0.39, 0.29) is 37.1 Å². The van der Waals surface area contributed by atoms with Crippen molar-refractivity contribution in [3.05, 3.63) is 0 Å². The summed E-state index contributed by atoms with van der Waals surface area (Å²) in [6, 6.07) is 0. The molecule has 0 spiro atoms. The van der Waals surface area contributed by atoms with Crippen molar-refractivity contribution in [3.8, 4) is 0 Å². The second-order valence-electron chi connectivity index (χ2n) is 20.5. The summed E-state index contributed by atoms with van der Waals surface area (Å²) in [5.41, 5.74) is 0. The van der Waals surface area contributed by atoms with Crippen molar-refractivity contribution in [2.75, 3.05) is 0 Å². The maximum Gasteiger partial charge on any atom is -0.0407 e. The summed E-state index contributed by atoms with van der Waals surface area (Å²) in [5.74, 6) is 17.1. The molecule has 0 aromatic carbocycles. The average molecular weight is 719 g/mol. The number of hydrogen-bond donors (Lipinski definition) is 0. The SMILES string of the molecule is C.C.C.C.C.CC.CC1CC2CC(C)CC(C1)C2.CC1CC2CC(C)CC(C1)C2.CC1CC2CC(C)CC(C1)C2.CC1CC2CC(C)CC(C1)C2. The second kappa shape index (κ2) is 26.0. The van der Waals surface area contributed by atoms with E-state index in [9.17, 15) is 0 Å². The van der Waals surface area contributed by atoms with Crippen LogP contribution >= 0.6 is 0 Å². The van der Waals surface area contributed by atoms with Crippen LogP contribution in [-0.2, 0) is 0 Å². The maximum atomic E-state index is 2.44. The Morgan fingerprint density at radius 1 is 0.176 bits per heavy atom. The van der Waals surface area contributed by atoms with Gasteiger partial charge in [-0.15, -0.1) is 0 Å². The molecule has 0 heteroatoms. The minimum atomic E-state index is 0. The van der Waals surface area contributed by atoms with E-state index in [2.05, 4.69) is 55.4 Å². The van der Waals surface area contributed by atoms with Gasteiger partial charge in [-0.1, -0.05) is 106 Å². The summed E-state index contributed by atoms with van der Waals surface area (Å²) in [7, 11) is 0. The van der Waals surface area contributed by atoms with Gasteiger partial charge in [0, 0.05) is 0 Å². The molecular weight excluding hydrogens is 613 g/mol. The first kappa shape index (κ1) is 53.1. The van der Waals surface area contributed by atoms with Gasteiger partial charge >= 0.3 is 0 Å². The van der Waals surface area contributed by atoms with E-state index >= 15 is 0 Å². The molecule has 0 saturated heterocycles. The van der Waals surface area contributed by atoms with Gasteiger partial charge in [-0.05, 0) is 223 Å². The van der Waals surface area contributed by atoms with Crippen LogP contribution in [-0.4, -0.2) is 0 Å². The molecule has 8 aliphatic carbocycles. The molecule has 8 bridgehead atoms. The highest BCUT2D eigenvalue weighted by Crippen LogP contribution is 2.47. The highest BCUT2D eigenvalue weighted by molar-refractivity contribution is 4.86. The fourth-order valence-electron chi connectivity index (χ4n) is 14.1. The van der Waals surface area contributed by atoms with Crippen LogP contribution in [0.5, 0.6) is 0 Å². The largest absolute Gasteiger partial charge is 0.0776 e. The minimum Gasteiger partial charge on any atom is -0.0776 e. The summed E-state index contributed by atoms with van der Waals surface area (Å²) < 4.78 is 0. The van der Waals surface area contributed by atoms with E-state index in [0.29, 0.717) is 0 Å². The minimum absolute atomic E-state index is 0. The van der Waals surface area contributed by atoms with Crippen molar-refractivity contribution in [3.63, 3.8) is 0 Å². The third kappa shape index (κ3) is 18.0. The molecule has 0 unspecified atom stereocenters. The van der Waals surface area contributed by atoms with Crippen LogP contribution in [0.15, 0.2) is 0 Å². The van der Waals surface area contributed by atoms with Crippen LogP contribution in [0.25, 0.3) is 0 Å². The molecule has 0 heterocycles. The lowest BCUT2D eigenvalue weighted by molar-refractivity contribution is 0.111. The molecule has 8 saturated carbocycles. The lowest BCUT2D eigenvalue weighted by Crippen LogP contribution is -2.29. The Bertz CT molecular complexity index is 558. The molecule has 0 aromatic rings. The first-order valence-corrected chi connectivity index (χ1v) is 21.9. The van der Waals surface area contributed by atoms with E-state index in [0.717, 1.165) is 94.7 Å². The molecule has 0 radical (unpaired) electrons. The van der Waals surface area contributed by atoms with Crippen LogP contribution in [0.1, 0.15) is 235 Å². The van der Waals surface area contributed by atoms with E-state index < -0.39 is 0 Å². The van der Waals surface area contributed by atoms with Gasteiger partial charge < -0.3 is 0 Å². The molecule has 8 rings (SSSR count). The molecule has 8 fully saturated rings. The summed E-state index contributed by atoms with van der Waals surface area (Å²) in [4.78, 5) is 0. The summed E-state index contributed by atoms with van der Waals surface area (Å²) in [6.45, 7) is 23.5. The Balaban J connectivity index is 0. The van der Waals surface area contributed by atoms with Crippen LogP contribution in [0.3, 0.4) is 0 Å². The van der Waals surface area contributed by atoms with Crippen molar-refractivity contribution in [1.29, 1.82) is 0 Å². The third-order valence-corrected chi connectivity index (χ3v) is 14.4. The molecule has 0 atom stereocenters.